The highest BCUT2D eigenvalue weighted by Crippen LogP contribution is 2.15. The summed E-state index contributed by atoms with van der Waals surface area (Å²) in [7, 11) is 3.32. The number of nitrogens with one attached hydrogen (secondary N) is 1. The van der Waals surface area contributed by atoms with Gasteiger partial charge in [-0.15, -0.1) is 0 Å². The van der Waals surface area contributed by atoms with Gasteiger partial charge < -0.3 is 19.4 Å². The molecule has 0 aliphatic heterocycles. The van der Waals surface area contributed by atoms with E-state index in [1.807, 2.05) is 49.4 Å². The molecule has 1 amide bonds. The first kappa shape index (κ1) is 22.2. The van der Waals surface area contributed by atoms with Crippen LogP contribution in [-0.4, -0.2) is 23.6 Å². The number of methoxy groups -OCH3 is 1. The largest absolute Gasteiger partial charge is 0.497 e. The molecule has 1 N–H and O–H groups in total. The van der Waals surface area contributed by atoms with Crippen molar-refractivity contribution in [2.24, 2.45) is 7.05 Å². The fourth-order valence-electron chi connectivity index (χ4n) is 3.26. The number of amides is 1. The molecule has 1 heterocycles. The number of rotatable bonds is 9. The topological polar surface area (TPSA) is 69.6 Å². The molecular formula is C25H28N2O4. The standard InChI is InChI=1S/C25H28N2O4/c1-18(12-13-19-8-5-4-6-9-19)26-25(29)22-15-23(28)24(16-27(22)2)31-17-20-10-7-11-21(14-20)30-3/h4-11,14-16,18H,12-13,17H2,1-3H3,(H,26,29)/t18-/m1/s1. The van der Waals surface area contributed by atoms with Crippen LogP contribution in [-0.2, 0) is 20.1 Å². The predicted octanol–water partition coefficient (Wildman–Crippen LogP) is 3.72. The van der Waals surface area contributed by atoms with Crippen molar-refractivity contribution in [3.63, 3.8) is 0 Å². The summed E-state index contributed by atoms with van der Waals surface area (Å²) in [5.74, 6) is 0.640. The highest BCUT2D eigenvalue weighted by Gasteiger charge is 2.15. The number of carbonyl (C=O) groups is 1. The lowest BCUT2D eigenvalue weighted by molar-refractivity contribution is 0.0929. The lowest BCUT2D eigenvalue weighted by Gasteiger charge is -2.16. The normalized spacial score (nSPS) is 11.6. The van der Waals surface area contributed by atoms with Crippen LogP contribution < -0.4 is 20.2 Å². The highest BCUT2D eigenvalue weighted by atomic mass is 16.5. The molecule has 1 atom stereocenters. The van der Waals surface area contributed by atoms with Crippen molar-refractivity contribution in [1.29, 1.82) is 0 Å². The molecule has 1 aromatic heterocycles. The minimum absolute atomic E-state index is 0.0215. The van der Waals surface area contributed by atoms with Crippen molar-refractivity contribution in [1.82, 2.24) is 9.88 Å². The van der Waals surface area contributed by atoms with Gasteiger partial charge in [-0.1, -0.05) is 42.5 Å². The van der Waals surface area contributed by atoms with E-state index in [0.717, 1.165) is 24.2 Å². The van der Waals surface area contributed by atoms with Crippen molar-refractivity contribution in [3.8, 4) is 11.5 Å². The number of aryl methyl sites for hydroxylation is 2. The second-order valence-corrected chi connectivity index (χ2v) is 7.54. The van der Waals surface area contributed by atoms with Gasteiger partial charge in [0.2, 0.25) is 5.43 Å². The Hall–Kier alpha value is -3.54. The van der Waals surface area contributed by atoms with Crippen molar-refractivity contribution in [2.75, 3.05) is 7.11 Å². The third-order valence-electron chi connectivity index (χ3n) is 5.05. The van der Waals surface area contributed by atoms with Gasteiger partial charge in [0.15, 0.2) is 5.75 Å². The van der Waals surface area contributed by atoms with E-state index >= 15 is 0 Å². The lowest BCUT2D eigenvalue weighted by atomic mass is 10.1. The number of hydrogen-bond acceptors (Lipinski definition) is 4. The molecule has 0 aliphatic rings. The van der Waals surface area contributed by atoms with Gasteiger partial charge in [-0.2, -0.15) is 0 Å². The first-order chi connectivity index (χ1) is 15.0. The molecule has 0 bridgehead atoms. The van der Waals surface area contributed by atoms with Crippen molar-refractivity contribution < 1.29 is 14.3 Å². The van der Waals surface area contributed by atoms with E-state index in [-0.39, 0.29) is 29.7 Å². The van der Waals surface area contributed by atoms with Crippen LogP contribution in [0.4, 0.5) is 0 Å². The molecule has 2 aromatic carbocycles. The number of aromatic nitrogens is 1. The van der Waals surface area contributed by atoms with Crippen LogP contribution in [0.3, 0.4) is 0 Å². The molecule has 3 rings (SSSR count). The maximum atomic E-state index is 12.7. The Morgan fingerprint density at radius 1 is 1.06 bits per heavy atom. The smallest absolute Gasteiger partial charge is 0.268 e. The van der Waals surface area contributed by atoms with Crippen LogP contribution in [0.1, 0.15) is 35.0 Å². The third-order valence-corrected chi connectivity index (χ3v) is 5.05. The Labute approximate surface area is 182 Å². The van der Waals surface area contributed by atoms with Gasteiger partial charge in [0, 0.05) is 19.2 Å². The van der Waals surface area contributed by atoms with Crippen LogP contribution in [0.15, 0.2) is 71.7 Å². The Balaban J connectivity index is 1.60. The Kier molecular flexibility index (Phi) is 7.49. The van der Waals surface area contributed by atoms with Gasteiger partial charge >= 0.3 is 0 Å². The fraction of sp³-hybridized carbons (Fsp3) is 0.280. The number of carbonyl (C=O) groups excluding carboxylic acids is 1. The average molecular weight is 421 g/mol. The Morgan fingerprint density at radius 3 is 2.55 bits per heavy atom. The maximum absolute atomic E-state index is 12.7. The number of hydrogen-bond donors (Lipinski definition) is 1. The second kappa shape index (κ2) is 10.5. The van der Waals surface area contributed by atoms with E-state index in [0.29, 0.717) is 5.69 Å². The minimum atomic E-state index is -0.330. The lowest BCUT2D eigenvalue weighted by Crippen LogP contribution is -2.35. The molecule has 3 aromatic rings. The summed E-state index contributed by atoms with van der Waals surface area (Å²) < 4.78 is 12.5. The number of benzene rings is 2. The van der Waals surface area contributed by atoms with Gasteiger partial charge in [-0.05, 0) is 43.0 Å². The molecule has 0 fully saturated rings. The van der Waals surface area contributed by atoms with E-state index in [1.165, 1.54) is 11.6 Å². The first-order valence-electron chi connectivity index (χ1n) is 10.3. The van der Waals surface area contributed by atoms with Gasteiger partial charge in [-0.25, -0.2) is 0 Å². The Bertz CT molecular complexity index is 1080. The van der Waals surface area contributed by atoms with Crippen LogP contribution >= 0.6 is 0 Å². The number of nitrogens with zero attached hydrogens (tertiary/aromatic N) is 1. The predicted molar refractivity (Wildman–Crippen MR) is 121 cm³/mol. The summed E-state index contributed by atoms with van der Waals surface area (Å²) in [6, 6.07) is 18.9. The van der Waals surface area contributed by atoms with Crippen LogP contribution in [0.5, 0.6) is 11.5 Å². The second-order valence-electron chi connectivity index (χ2n) is 7.54. The molecule has 0 unspecified atom stereocenters. The minimum Gasteiger partial charge on any atom is -0.497 e. The van der Waals surface area contributed by atoms with E-state index in [1.54, 1.807) is 24.9 Å². The zero-order valence-corrected chi connectivity index (χ0v) is 18.1. The molecule has 0 aliphatic carbocycles. The van der Waals surface area contributed by atoms with Crippen LogP contribution in [0, 0.1) is 0 Å². The Morgan fingerprint density at radius 2 is 1.81 bits per heavy atom. The summed E-state index contributed by atoms with van der Waals surface area (Å²) >= 11 is 0. The van der Waals surface area contributed by atoms with Crippen LogP contribution in [0.25, 0.3) is 0 Å². The zero-order valence-electron chi connectivity index (χ0n) is 18.1. The number of pyridine rings is 1. The van der Waals surface area contributed by atoms with Crippen molar-refractivity contribution in [2.45, 2.75) is 32.4 Å². The maximum Gasteiger partial charge on any atom is 0.268 e. The van der Waals surface area contributed by atoms with Gasteiger partial charge in [0.1, 0.15) is 18.1 Å². The third kappa shape index (κ3) is 6.22. The molecule has 0 saturated heterocycles. The first-order valence-corrected chi connectivity index (χ1v) is 10.3. The quantitative estimate of drug-likeness (QED) is 0.573. The highest BCUT2D eigenvalue weighted by molar-refractivity contribution is 5.92. The summed E-state index contributed by atoms with van der Waals surface area (Å²) in [6.07, 6.45) is 3.23. The van der Waals surface area contributed by atoms with Gasteiger partial charge in [0.05, 0.1) is 13.3 Å². The zero-order chi connectivity index (χ0) is 22.2. The van der Waals surface area contributed by atoms with Crippen molar-refractivity contribution in [3.05, 3.63) is 93.9 Å². The average Bonchev–Trinajstić information content (AvgIpc) is 2.78. The van der Waals surface area contributed by atoms with E-state index in [2.05, 4.69) is 17.4 Å². The summed E-state index contributed by atoms with van der Waals surface area (Å²) in [6.45, 7) is 2.19. The van der Waals surface area contributed by atoms with Gasteiger partial charge in [0.25, 0.3) is 5.91 Å². The van der Waals surface area contributed by atoms with E-state index in [9.17, 15) is 9.59 Å². The SMILES string of the molecule is COc1cccc(COc2cn(C)c(C(=O)N[C@H](C)CCc3ccccc3)cc2=O)c1. The summed E-state index contributed by atoms with van der Waals surface area (Å²) in [5.41, 5.74) is 2.08. The molecule has 0 radical (unpaired) electrons. The molecule has 31 heavy (non-hydrogen) atoms. The molecule has 6 nitrogen and oxygen atoms in total. The van der Waals surface area contributed by atoms with Gasteiger partial charge in [-0.3, -0.25) is 9.59 Å². The van der Waals surface area contributed by atoms with Crippen molar-refractivity contribution >= 4 is 5.91 Å². The summed E-state index contributed by atoms with van der Waals surface area (Å²) in [5, 5.41) is 2.97. The van der Waals surface area contributed by atoms with Crippen LogP contribution in [0.2, 0.25) is 0 Å². The summed E-state index contributed by atoms with van der Waals surface area (Å²) in [4.78, 5) is 25.2. The molecule has 162 valence electrons. The monoisotopic (exact) mass is 420 g/mol. The molecular weight excluding hydrogens is 392 g/mol. The van der Waals surface area contributed by atoms with E-state index in [4.69, 9.17) is 9.47 Å². The molecule has 0 spiro atoms. The number of ether oxygens (including phenoxy) is 2. The van der Waals surface area contributed by atoms with E-state index < -0.39 is 0 Å². The molecule has 0 saturated carbocycles. The fourth-order valence-corrected chi connectivity index (χ4v) is 3.26. The molecule has 6 heteroatoms.